The zero-order chi connectivity index (χ0) is 14.8. The van der Waals surface area contributed by atoms with Gasteiger partial charge in [0.15, 0.2) is 0 Å². The molecule has 1 aliphatic heterocycles. The maximum absolute atomic E-state index is 11.0. The van der Waals surface area contributed by atoms with Crippen molar-refractivity contribution in [3.63, 3.8) is 0 Å². The Morgan fingerprint density at radius 2 is 2.29 bits per heavy atom. The minimum atomic E-state index is -0.727. The molecule has 0 bridgehead atoms. The van der Waals surface area contributed by atoms with Crippen molar-refractivity contribution in [2.24, 2.45) is 0 Å². The van der Waals surface area contributed by atoms with E-state index < -0.39 is 5.97 Å². The third-order valence-corrected chi connectivity index (χ3v) is 5.03. The van der Waals surface area contributed by atoms with Crippen molar-refractivity contribution < 1.29 is 9.90 Å². The van der Waals surface area contributed by atoms with E-state index >= 15 is 0 Å². The van der Waals surface area contributed by atoms with Gasteiger partial charge >= 0.3 is 5.97 Å². The van der Waals surface area contributed by atoms with E-state index in [9.17, 15) is 4.79 Å². The van der Waals surface area contributed by atoms with E-state index in [0.717, 1.165) is 25.2 Å². The first-order valence-corrected chi connectivity index (χ1v) is 7.97. The monoisotopic (exact) mass is 302 g/mol. The molecular formula is C16H18N2O2S. The van der Waals surface area contributed by atoms with Gasteiger partial charge in [-0.3, -0.25) is 4.79 Å². The van der Waals surface area contributed by atoms with Gasteiger partial charge in [-0.1, -0.05) is 18.2 Å². The van der Waals surface area contributed by atoms with Gasteiger partial charge in [0, 0.05) is 36.0 Å². The summed E-state index contributed by atoms with van der Waals surface area (Å²) >= 11 is 1.69. The SMILES string of the molecule is Cc1ncsc1CCN1CC(CC(=O)O)c2ccccc21. The van der Waals surface area contributed by atoms with Crippen LogP contribution in [0.25, 0.3) is 0 Å². The van der Waals surface area contributed by atoms with Crippen molar-refractivity contribution in [2.45, 2.75) is 25.7 Å². The van der Waals surface area contributed by atoms with Gasteiger partial charge in [-0.25, -0.2) is 4.98 Å². The largest absolute Gasteiger partial charge is 0.481 e. The number of hydrogen-bond donors (Lipinski definition) is 1. The normalized spacial score (nSPS) is 17.0. The van der Waals surface area contributed by atoms with Gasteiger partial charge in [0.05, 0.1) is 17.6 Å². The summed E-state index contributed by atoms with van der Waals surface area (Å²) in [6.07, 6.45) is 1.16. The Labute approximate surface area is 128 Å². The molecule has 1 aromatic heterocycles. The Bertz CT molecular complexity index is 653. The van der Waals surface area contributed by atoms with E-state index in [1.165, 1.54) is 16.1 Å². The van der Waals surface area contributed by atoms with Crippen molar-refractivity contribution in [1.29, 1.82) is 0 Å². The van der Waals surface area contributed by atoms with Crippen molar-refractivity contribution in [2.75, 3.05) is 18.0 Å². The third kappa shape index (κ3) is 2.93. The molecular weight excluding hydrogens is 284 g/mol. The molecule has 0 saturated heterocycles. The number of carbonyl (C=O) groups is 1. The summed E-state index contributed by atoms with van der Waals surface area (Å²) in [6, 6.07) is 8.16. The molecule has 0 amide bonds. The summed E-state index contributed by atoms with van der Waals surface area (Å²) in [4.78, 5) is 18.9. The maximum atomic E-state index is 11.0. The number of aryl methyl sites for hydroxylation is 1. The van der Waals surface area contributed by atoms with Gasteiger partial charge in [0.25, 0.3) is 0 Å². The van der Waals surface area contributed by atoms with E-state index in [1.807, 2.05) is 24.6 Å². The van der Waals surface area contributed by atoms with Crippen LogP contribution < -0.4 is 4.90 Å². The second kappa shape index (κ2) is 5.85. The second-order valence-corrected chi connectivity index (χ2v) is 6.35. The molecule has 1 atom stereocenters. The highest BCUT2D eigenvalue weighted by atomic mass is 32.1. The highest BCUT2D eigenvalue weighted by Crippen LogP contribution is 2.38. The van der Waals surface area contributed by atoms with Gasteiger partial charge in [0.1, 0.15) is 0 Å². The lowest BCUT2D eigenvalue weighted by molar-refractivity contribution is -0.137. The first-order chi connectivity index (χ1) is 10.1. The fraction of sp³-hybridized carbons (Fsp3) is 0.375. The topological polar surface area (TPSA) is 53.4 Å². The molecule has 0 fully saturated rings. The molecule has 1 aliphatic rings. The van der Waals surface area contributed by atoms with Crippen molar-refractivity contribution >= 4 is 23.0 Å². The minimum absolute atomic E-state index is 0.0984. The van der Waals surface area contributed by atoms with Crippen LogP contribution in [0.1, 0.15) is 28.5 Å². The van der Waals surface area contributed by atoms with Crippen LogP contribution in [-0.2, 0) is 11.2 Å². The number of thiazole rings is 1. The summed E-state index contributed by atoms with van der Waals surface area (Å²) in [5.41, 5.74) is 5.34. The number of fused-ring (bicyclic) bond motifs is 1. The van der Waals surface area contributed by atoms with Crippen molar-refractivity contribution in [3.05, 3.63) is 45.9 Å². The summed E-state index contributed by atoms with van der Waals surface area (Å²) in [6.45, 7) is 3.75. The molecule has 0 radical (unpaired) electrons. The van der Waals surface area contributed by atoms with Gasteiger partial charge in [-0.15, -0.1) is 11.3 Å². The first kappa shape index (κ1) is 14.1. The highest BCUT2D eigenvalue weighted by molar-refractivity contribution is 7.09. The number of carboxylic acid groups (broad SMARTS) is 1. The van der Waals surface area contributed by atoms with E-state index in [2.05, 4.69) is 22.0 Å². The molecule has 1 N–H and O–H groups in total. The van der Waals surface area contributed by atoms with Gasteiger partial charge in [0.2, 0.25) is 0 Å². The Balaban J connectivity index is 1.75. The average Bonchev–Trinajstić information content (AvgIpc) is 3.01. The number of para-hydroxylation sites is 1. The van der Waals surface area contributed by atoms with Crippen LogP contribution >= 0.6 is 11.3 Å². The van der Waals surface area contributed by atoms with Crippen LogP contribution in [0.4, 0.5) is 5.69 Å². The van der Waals surface area contributed by atoms with Crippen molar-refractivity contribution in [1.82, 2.24) is 4.98 Å². The van der Waals surface area contributed by atoms with Crippen LogP contribution in [0.5, 0.6) is 0 Å². The number of aliphatic carboxylic acids is 1. The molecule has 2 heterocycles. The molecule has 5 heteroatoms. The first-order valence-electron chi connectivity index (χ1n) is 7.10. The lowest BCUT2D eigenvalue weighted by atomic mass is 9.98. The number of rotatable bonds is 5. The quantitative estimate of drug-likeness (QED) is 0.922. The van der Waals surface area contributed by atoms with Crippen molar-refractivity contribution in [3.8, 4) is 0 Å². The minimum Gasteiger partial charge on any atom is -0.481 e. The Hall–Kier alpha value is -1.88. The molecule has 3 rings (SSSR count). The molecule has 0 saturated carbocycles. The molecule has 0 aliphatic carbocycles. The number of anilines is 1. The molecule has 110 valence electrons. The van der Waals surface area contributed by atoms with Gasteiger partial charge in [-0.2, -0.15) is 0 Å². The molecule has 21 heavy (non-hydrogen) atoms. The van der Waals surface area contributed by atoms with E-state index in [1.54, 1.807) is 11.3 Å². The Morgan fingerprint density at radius 3 is 3.00 bits per heavy atom. The fourth-order valence-electron chi connectivity index (χ4n) is 2.98. The lowest BCUT2D eigenvalue weighted by Crippen LogP contribution is -2.25. The molecule has 1 unspecified atom stereocenters. The van der Waals surface area contributed by atoms with E-state index in [4.69, 9.17) is 5.11 Å². The van der Waals surface area contributed by atoms with Crippen LogP contribution in [0, 0.1) is 6.92 Å². The van der Waals surface area contributed by atoms with Crippen LogP contribution in [0.3, 0.4) is 0 Å². The average molecular weight is 302 g/mol. The standard InChI is InChI=1S/C16H18N2O2S/c1-11-15(21-10-17-11)6-7-18-9-12(8-16(19)20)13-4-2-3-5-14(13)18/h2-5,10,12H,6-9H2,1H3,(H,19,20). The third-order valence-electron chi connectivity index (χ3n) is 4.03. The highest BCUT2D eigenvalue weighted by Gasteiger charge is 2.29. The molecule has 1 aromatic carbocycles. The number of nitrogens with zero attached hydrogens (tertiary/aromatic N) is 2. The summed E-state index contributed by atoms with van der Waals surface area (Å²) < 4.78 is 0. The fourth-order valence-corrected chi connectivity index (χ4v) is 3.75. The zero-order valence-corrected chi connectivity index (χ0v) is 12.8. The summed E-state index contributed by atoms with van der Waals surface area (Å²) in [5.74, 6) is -0.629. The van der Waals surface area contributed by atoms with Crippen LogP contribution in [-0.4, -0.2) is 29.1 Å². The van der Waals surface area contributed by atoms with E-state index in [-0.39, 0.29) is 12.3 Å². The number of carboxylic acids is 1. The predicted octanol–water partition coefficient (Wildman–Crippen LogP) is 3.07. The van der Waals surface area contributed by atoms with E-state index in [0.29, 0.717) is 0 Å². The summed E-state index contributed by atoms with van der Waals surface area (Å²) in [5, 5.41) is 9.08. The molecule has 4 nitrogen and oxygen atoms in total. The second-order valence-electron chi connectivity index (χ2n) is 5.41. The number of benzene rings is 1. The summed E-state index contributed by atoms with van der Waals surface area (Å²) in [7, 11) is 0. The molecule has 2 aromatic rings. The maximum Gasteiger partial charge on any atom is 0.304 e. The Kier molecular flexibility index (Phi) is 3.92. The number of hydrogen-bond acceptors (Lipinski definition) is 4. The van der Waals surface area contributed by atoms with Crippen LogP contribution in [0.15, 0.2) is 29.8 Å². The van der Waals surface area contributed by atoms with Gasteiger partial charge < -0.3 is 10.0 Å². The van der Waals surface area contributed by atoms with Gasteiger partial charge in [-0.05, 0) is 18.6 Å². The predicted molar refractivity (Wildman–Crippen MR) is 84.2 cm³/mol. The smallest absolute Gasteiger partial charge is 0.304 e. The van der Waals surface area contributed by atoms with Crippen LogP contribution in [0.2, 0.25) is 0 Å². The zero-order valence-electron chi connectivity index (χ0n) is 12.0. The Morgan fingerprint density at radius 1 is 1.48 bits per heavy atom. The molecule has 0 spiro atoms. The number of aromatic nitrogens is 1. The lowest BCUT2D eigenvalue weighted by Gasteiger charge is -2.19.